The molecule has 0 saturated carbocycles. The monoisotopic (exact) mass is 593 g/mol. The van der Waals surface area contributed by atoms with Gasteiger partial charge in [0, 0.05) is 32.4 Å². The number of rotatable bonds is 5. The maximum atomic E-state index is 13.8. The van der Waals surface area contributed by atoms with Crippen molar-refractivity contribution in [1.82, 2.24) is 14.2 Å². The first-order valence-corrected chi connectivity index (χ1v) is 14.0. The number of hydrogen-bond acceptors (Lipinski definition) is 6. The van der Waals surface area contributed by atoms with E-state index in [1.54, 1.807) is 18.2 Å². The Bertz CT molecular complexity index is 1530. The number of hydrogen-bond donors (Lipinski definition) is 0. The van der Waals surface area contributed by atoms with Crippen molar-refractivity contribution in [3.05, 3.63) is 83.5 Å². The molecule has 40 heavy (non-hydrogen) atoms. The zero-order valence-electron chi connectivity index (χ0n) is 20.8. The van der Waals surface area contributed by atoms with E-state index < -0.39 is 46.3 Å². The highest BCUT2D eigenvalue weighted by Gasteiger charge is 2.49. The topological polar surface area (TPSA) is 94.1 Å². The lowest BCUT2D eigenvalue weighted by Crippen LogP contribution is -2.55. The third-order valence-corrected chi connectivity index (χ3v) is 8.85. The number of alkyl halides is 3. The Balaban J connectivity index is 1.41. The van der Waals surface area contributed by atoms with Crippen molar-refractivity contribution in [2.45, 2.75) is 17.1 Å². The number of halogens is 4. The van der Waals surface area contributed by atoms with Gasteiger partial charge in [0.1, 0.15) is 11.9 Å². The summed E-state index contributed by atoms with van der Waals surface area (Å²) in [7, 11) is -4.30. The number of carbonyl (C=O) groups excluding carboxylic acids is 2. The molecule has 2 fully saturated rings. The lowest BCUT2D eigenvalue weighted by molar-refractivity contribution is -0.137. The number of pyridine rings is 1. The van der Waals surface area contributed by atoms with E-state index in [9.17, 15) is 31.2 Å². The van der Waals surface area contributed by atoms with Gasteiger partial charge in [0.2, 0.25) is 5.91 Å². The molecule has 14 heteroatoms. The van der Waals surface area contributed by atoms with Crippen molar-refractivity contribution in [3.63, 3.8) is 0 Å². The molecule has 2 aliphatic rings. The van der Waals surface area contributed by atoms with Crippen LogP contribution in [0.4, 0.5) is 29.5 Å². The quantitative estimate of drug-likeness (QED) is 0.442. The number of benzene rings is 2. The lowest BCUT2D eigenvalue weighted by atomic mass is 10.1. The summed E-state index contributed by atoms with van der Waals surface area (Å²) in [6.07, 6.45) is -3.32. The summed E-state index contributed by atoms with van der Waals surface area (Å²) in [5.74, 6) is -0.772. The molecule has 210 valence electrons. The average molecular weight is 594 g/mol. The molecule has 2 aromatic carbocycles. The van der Waals surface area contributed by atoms with Gasteiger partial charge in [-0.05, 0) is 36.4 Å². The first-order valence-electron chi connectivity index (χ1n) is 12.2. The summed E-state index contributed by atoms with van der Waals surface area (Å²) < 4.78 is 67.9. The first-order chi connectivity index (χ1) is 19.0. The fraction of sp³-hybridized carbons (Fsp3) is 0.269. The molecule has 3 aromatic rings. The van der Waals surface area contributed by atoms with Gasteiger partial charge in [-0.2, -0.15) is 13.2 Å². The van der Waals surface area contributed by atoms with Crippen LogP contribution in [0.5, 0.6) is 0 Å². The SMILES string of the molecule is O=C([C@@H]1CN(S(=O)(=O)c2ccccc2)C(=O)N1c1ccccc1Cl)N1CCN(c2ncccc2C(F)(F)F)CC1. The van der Waals surface area contributed by atoms with Crippen LogP contribution in [0.25, 0.3) is 0 Å². The van der Waals surface area contributed by atoms with Crippen molar-refractivity contribution in [1.29, 1.82) is 0 Å². The summed E-state index contributed by atoms with van der Waals surface area (Å²) >= 11 is 6.35. The number of aromatic nitrogens is 1. The third-order valence-electron chi connectivity index (χ3n) is 6.78. The molecule has 3 heterocycles. The number of piperazine rings is 1. The fourth-order valence-corrected chi connectivity index (χ4v) is 6.43. The second-order valence-electron chi connectivity index (χ2n) is 9.15. The maximum Gasteiger partial charge on any atom is 0.419 e. The molecular formula is C26H23ClF3N5O4S. The van der Waals surface area contributed by atoms with Crippen LogP contribution in [0.1, 0.15) is 5.56 Å². The number of amides is 3. The second-order valence-corrected chi connectivity index (χ2v) is 11.4. The Morgan fingerprint density at radius 2 is 1.57 bits per heavy atom. The number of para-hydroxylation sites is 1. The van der Waals surface area contributed by atoms with E-state index in [0.29, 0.717) is 4.31 Å². The van der Waals surface area contributed by atoms with Gasteiger partial charge < -0.3 is 9.80 Å². The molecular weight excluding hydrogens is 571 g/mol. The summed E-state index contributed by atoms with van der Waals surface area (Å²) in [4.78, 5) is 35.1. The van der Waals surface area contributed by atoms with Crippen LogP contribution in [0, 0.1) is 0 Å². The summed E-state index contributed by atoms with van der Waals surface area (Å²) in [6.45, 7) is -0.258. The van der Waals surface area contributed by atoms with Crippen LogP contribution in [-0.4, -0.2) is 73.3 Å². The minimum Gasteiger partial charge on any atom is -0.353 e. The van der Waals surface area contributed by atoms with Crippen molar-refractivity contribution in [2.75, 3.05) is 42.5 Å². The van der Waals surface area contributed by atoms with Crippen molar-refractivity contribution < 1.29 is 31.2 Å². The average Bonchev–Trinajstić information content (AvgIpc) is 3.30. The summed E-state index contributed by atoms with van der Waals surface area (Å²) in [5.41, 5.74) is -0.706. The number of urea groups is 1. The molecule has 0 spiro atoms. The van der Waals surface area contributed by atoms with E-state index in [4.69, 9.17) is 11.6 Å². The molecule has 0 radical (unpaired) electrons. The van der Waals surface area contributed by atoms with E-state index in [-0.39, 0.29) is 47.6 Å². The Kier molecular flexibility index (Phi) is 7.36. The van der Waals surface area contributed by atoms with E-state index in [1.807, 2.05) is 0 Å². The molecule has 1 atom stereocenters. The smallest absolute Gasteiger partial charge is 0.353 e. The first kappa shape index (κ1) is 27.7. The normalized spacial score (nSPS) is 18.4. The minimum absolute atomic E-state index is 0.0409. The van der Waals surface area contributed by atoms with Gasteiger partial charge in [-0.15, -0.1) is 0 Å². The summed E-state index contributed by atoms with van der Waals surface area (Å²) in [5, 5.41) is 0.146. The van der Waals surface area contributed by atoms with Gasteiger partial charge in [0.05, 0.1) is 27.7 Å². The molecule has 2 aliphatic heterocycles. The highest BCUT2D eigenvalue weighted by molar-refractivity contribution is 7.89. The second kappa shape index (κ2) is 10.6. The standard InChI is InChI=1S/C26H23ClF3N5O4S/c27-20-10-4-5-11-21(20)35-22(17-34(25(35)37)40(38,39)18-7-2-1-3-8-18)24(36)33-15-13-32(14-16-33)23-19(26(28,29)30)9-6-12-31-23/h1-12,22H,13-17H2/t22-/m0/s1. The van der Waals surface area contributed by atoms with Crippen LogP contribution in [-0.2, 0) is 21.0 Å². The largest absolute Gasteiger partial charge is 0.419 e. The van der Waals surface area contributed by atoms with Gasteiger partial charge in [-0.3, -0.25) is 9.69 Å². The molecule has 0 aliphatic carbocycles. The predicted octanol–water partition coefficient (Wildman–Crippen LogP) is 4.10. The third kappa shape index (κ3) is 5.06. The minimum atomic E-state index is -4.59. The maximum absolute atomic E-state index is 13.8. The van der Waals surface area contributed by atoms with E-state index >= 15 is 0 Å². The zero-order valence-corrected chi connectivity index (χ0v) is 22.4. The van der Waals surface area contributed by atoms with E-state index in [0.717, 1.165) is 11.0 Å². The van der Waals surface area contributed by atoms with Crippen LogP contribution in [0.15, 0.2) is 77.8 Å². The molecule has 0 N–H and O–H groups in total. The van der Waals surface area contributed by atoms with Crippen molar-refractivity contribution >= 4 is 45.1 Å². The molecule has 0 bridgehead atoms. The predicted molar refractivity (Wildman–Crippen MR) is 141 cm³/mol. The van der Waals surface area contributed by atoms with Crippen LogP contribution < -0.4 is 9.80 Å². The van der Waals surface area contributed by atoms with Gasteiger partial charge in [0.25, 0.3) is 10.0 Å². The zero-order chi connectivity index (χ0) is 28.7. The lowest BCUT2D eigenvalue weighted by Gasteiger charge is -2.38. The molecule has 2 saturated heterocycles. The molecule has 9 nitrogen and oxygen atoms in total. The Hall–Kier alpha value is -3.84. The molecule has 0 unspecified atom stereocenters. The highest BCUT2D eigenvalue weighted by atomic mass is 35.5. The van der Waals surface area contributed by atoms with Crippen molar-refractivity contribution in [2.24, 2.45) is 0 Å². The Labute approximate surface area is 233 Å². The molecule has 5 rings (SSSR count). The van der Waals surface area contributed by atoms with Gasteiger partial charge >= 0.3 is 12.2 Å². The van der Waals surface area contributed by atoms with Gasteiger partial charge in [-0.1, -0.05) is 41.9 Å². The fourth-order valence-electron chi connectivity index (χ4n) is 4.82. The summed E-state index contributed by atoms with van der Waals surface area (Å²) in [6, 6.07) is 13.6. The van der Waals surface area contributed by atoms with Gasteiger partial charge in [0.15, 0.2) is 0 Å². The van der Waals surface area contributed by atoms with Crippen LogP contribution >= 0.6 is 11.6 Å². The van der Waals surface area contributed by atoms with Gasteiger partial charge in [-0.25, -0.2) is 22.5 Å². The number of anilines is 2. The van der Waals surface area contributed by atoms with Crippen LogP contribution in [0.2, 0.25) is 5.02 Å². The number of nitrogens with zero attached hydrogens (tertiary/aromatic N) is 5. The van der Waals surface area contributed by atoms with Crippen LogP contribution in [0.3, 0.4) is 0 Å². The van der Waals surface area contributed by atoms with Crippen molar-refractivity contribution in [3.8, 4) is 0 Å². The molecule has 1 aromatic heterocycles. The van der Waals surface area contributed by atoms with E-state index in [2.05, 4.69) is 4.98 Å². The molecule has 3 amide bonds. The van der Waals surface area contributed by atoms with E-state index in [1.165, 1.54) is 58.5 Å². The number of carbonyl (C=O) groups is 2. The Morgan fingerprint density at radius 3 is 2.23 bits per heavy atom. The highest BCUT2D eigenvalue weighted by Crippen LogP contribution is 2.37. The number of sulfonamides is 1. The Morgan fingerprint density at radius 1 is 0.925 bits per heavy atom.